The van der Waals surface area contributed by atoms with Crippen molar-refractivity contribution in [1.82, 2.24) is 0 Å². The van der Waals surface area contributed by atoms with Crippen LogP contribution in [-0.4, -0.2) is 0 Å². The van der Waals surface area contributed by atoms with E-state index in [4.69, 9.17) is 0 Å². The van der Waals surface area contributed by atoms with Gasteiger partial charge < -0.3 is 0 Å². The molecule has 0 bridgehead atoms. The average Bonchev–Trinajstić information content (AvgIpc) is 2.39. The maximum atomic E-state index is 13.2. The molecule has 0 amide bonds. The number of rotatable bonds is 1. The summed E-state index contributed by atoms with van der Waals surface area (Å²) < 4.78 is 15.4. The van der Waals surface area contributed by atoms with Crippen molar-refractivity contribution in [2.45, 2.75) is 0 Å². The van der Waals surface area contributed by atoms with Crippen LogP contribution in [0.3, 0.4) is 0 Å². The number of hydrogen-bond acceptors (Lipinski definition) is 0. The lowest BCUT2D eigenvalue weighted by Gasteiger charge is -2.08. The van der Waals surface area contributed by atoms with Gasteiger partial charge in [-0.15, -0.1) is 0 Å². The molecule has 0 aromatic heterocycles. The van der Waals surface area contributed by atoms with Gasteiger partial charge in [0.05, 0.1) is 0 Å². The molecule has 0 aliphatic rings. The SMILES string of the molecule is Fc1ccc2cc(-c3ccc(Br)cc3)c(I)cc2c1. The fraction of sp³-hybridized carbons (Fsp3) is 0. The molecule has 0 spiro atoms. The number of benzene rings is 3. The first kappa shape index (κ1) is 13.1. The molecule has 0 N–H and O–H groups in total. The zero-order chi connectivity index (χ0) is 13.4. The third-order valence-electron chi connectivity index (χ3n) is 3.04. The van der Waals surface area contributed by atoms with Crippen molar-refractivity contribution in [3.8, 4) is 11.1 Å². The fourth-order valence-corrected chi connectivity index (χ4v) is 3.16. The molecule has 0 heterocycles. The van der Waals surface area contributed by atoms with Gasteiger partial charge in [-0.3, -0.25) is 0 Å². The van der Waals surface area contributed by atoms with Crippen molar-refractivity contribution in [3.63, 3.8) is 0 Å². The van der Waals surface area contributed by atoms with Gasteiger partial charge in [-0.1, -0.05) is 34.1 Å². The third-order valence-corrected chi connectivity index (χ3v) is 4.46. The number of halogens is 3. The molecule has 3 rings (SSSR count). The Morgan fingerprint density at radius 3 is 2.32 bits per heavy atom. The molecular formula is C16H9BrFI. The summed E-state index contributed by atoms with van der Waals surface area (Å²) in [7, 11) is 0. The molecule has 0 fully saturated rings. The van der Waals surface area contributed by atoms with Crippen LogP contribution in [0.4, 0.5) is 4.39 Å². The minimum atomic E-state index is -0.195. The van der Waals surface area contributed by atoms with E-state index in [9.17, 15) is 4.39 Å². The zero-order valence-corrected chi connectivity index (χ0v) is 13.6. The summed E-state index contributed by atoms with van der Waals surface area (Å²) in [6, 6.07) is 17.2. The molecule has 0 saturated carbocycles. The quantitative estimate of drug-likeness (QED) is 0.418. The standard InChI is InChI=1S/C16H9BrFI/c17-13-4-1-10(2-5-13)15-8-11-3-6-14(18)7-12(11)9-16(15)19/h1-9H. The van der Waals surface area contributed by atoms with E-state index in [-0.39, 0.29) is 5.82 Å². The molecule has 3 aromatic rings. The lowest BCUT2D eigenvalue weighted by molar-refractivity contribution is 0.630. The molecule has 3 aromatic carbocycles. The molecule has 0 unspecified atom stereocenters. The Labute approximate surface area is 132 Å². The van der Waals surface area contributed by atoms with Crippen LogP contribution < -0.4 is 0 Å². The largest absolute Gasteiger partial charge is 0.207 e. The van der Waals surface area contributed by atoms with Crippen molar-refractivity contribution < 1.29 is 4.39 Å². The first-order valence-corrected chi connectivity index (χ1v) is 7.65. The van der Waals surface area contributed by atoms with E-state index in [1.807, 2.05) is 24.3 Å². The van der Waals surface area contributed by atoms with Crippen molar-refractivity contribution >= 4 is 49.3 Å². The van der Waals surface area contributed by atoms with Gasteiger partial charge in [-0.2, -0.15) is 0 Å². The molecule has 3 heteroatoms. The Kier molecular flexibility index (Phi) is 3.58. The molecule has 0 aliphatic carbocycles. The molecule has 0 radical (unpaired) electrons. The van der Waals surface area contributed by atoms with E-state index >= 15 is 0 Å². The summed E-state index contributed by atoms with van der Waals surface area (Å²) in [5, 5.41) is 1.99. The van der Waals surface area contributed by atoms with E-state index < -0.39 is 0 Å². The lowest BCUT2D eigenvalue weighted by atomic mass is 10.0. The molecule has 94 valence electrons. The Balaban J connectivity index is 2.21. The third kappa shape index (κ3) is 2.67. The van der Waals surface area contributed by atoms with Gasteiger partial charge in [0, 0.05) is 8.04 Å². The normalized spacial score (nSPS) is 10.9. The summed E-state index contributed by atoms with van der Waals surface area (Å²) in [6.07, 6.45) is 0. The molecule has 0 saturated heterocycles. The Bertz CT molecular complexity index is 751. The fourth-order valence-electron chi connectivity index (χ4n) is 2.09. The summed E-state index contributed by atoms with van der Waals surface area (Å²) >= 11 is 5.74. The molecule has 0 aliphatic heterocycles. The van der Waals surface area contributed by atoms with Crippen molar-refractivity contribution in [2.75, 3.05) is 0 Å². The first-order chi connectivity index (χ1) is 9.13. The van der Waals surface area contributed by atoms with Gasteiger partial charge in [-0.05, 0) is 80.9 Å². The Morgan fingerprint density at radius 2 is 1.58 bits per heavy atom. The number of hydrogen-bond donors (Lipinski definition) is 0. The molecule has 19 heavy (non-hydrogen) atoms. The van der Waals surface area contributed by atoms with E-state index in [0.717, 1.165) is 18.8 Å². The van der Waals surface area contributed by atoms with Crippen LogP contribution in [0.15, 0.2) is 59.1 Å². The van der Waals surface area contributed by atoms with Crippen LogP contribution in [0.2, 0.25) is 0 Å². The second-order valence-corrected chi connectivity index (χ2v) is 6.41. The van der Waals surface area contributed by atoms with Crippen LogP contribution in [0.1, 0.15) is 0 Å². The van der Waals surface area contributed by atoms with Crippen LogP contribution in [0.5, 0.6) is 0 Å². The van der Waals surface area contributed by atoms with Gasteiger partial charge >= 0.3 is 0 Å². The second-order valence-electron chi connectivity index (χ2n) is 4.33. The van der Waals surface area contributed by atoms with Crippen molar-refractivity contribution in [2.24, 2.45) is 0 Å². The van der Waals surface area contributed by atoms with Crippen LogP contribution in [-0.2, 0) is 0 Å². The molecule has 0 atom stereocenters. The maximum Gasteiger partial charge on any atom is 0.123 e. The summed E-state index contributed by atoms with van der Waals surface area (Å²) in [6.45, 7) is 0. The molecular weight excluding hydrogens is 418 g/mol. The second kappa shape index (κ2) is 5.21. The van der Waals surface area contributed by atoms with Crippen molar-refractivity contribution in [3.05, 3.63) is 68.5 Å². The highest BCUT2D eigenvalue weighted by Gasteiger charge is 2.06. The van der Waals surface area contributed by atoms with E-state index in [1.54, 1.807) is 6.07 Å². The maximum absolute atomic E-state index is 13.2. The first-order valence-electron chi connectivity index (χ1n) is 5.78. The van der Waals surface area contributed by atoms with Gasteiger partial charge in [0.2, 0.25) is 0 Å². The minimum absolute atomic E-state index is 0.195. The summed E-state index contributed by atoms with van der Waals surface area (Å²) in [5.74, 6) is -0.195. The molecule has 0 nitrogen and oxygen atoms in total. The highest BCUT2D eigenvalue weighted by Crippen LogP contribution is 2.31. The van der Waals surface area contributed by atoms with Crippen LogP contribution >= 0.6 is 38.5 Å². The van der Waals surface area contributed by atoms with E-state index in [1.165, 1.54) is 17.2 Å². The summed E-state index contributed by atoms with van der Waals surface area (Å²) in [4.78, 5) is 0. The highest BCUT2D eigenvalue weighted by molar-refractivity contribution is 14.1. The summed E-state index contributed by atoms with van der Waals surface area (Å²) in [5.41, 5.74) is 2.34. The Morgan fingerprint density at radius 1 is 0.842 bits per heavy atom. The van der Waals surface area contributed by atoms with Crippen molar-refractivity contribution in [1.29, 1.82) is 0 Å². The van der Waals surface area contributed by atoms with Gasteiger partial charge in [0.25, 0.3) is 0 Å². The highest BCUT2D eigenvalue weighted by atomic mass is 127. The monoisotopic (exact) mass is 426 g/mol. The predicted molar refractivity (Wildman–Crippen MR) is 89.8 cm³/mol. The number of fused-ring (bicyclic) bond motifs is 1. The zero-order valence-electron chi connectivity index (χ0n) is 9.83. The van der Waals surface area contributed by atoms with Crippen LogP contribution in [0.25, 0.3) is 21.9 Å². The van der Waals surface area contributed by atoms with Gasteiger partial charge in [-0.25, -0.2) is 4.39 Å². The van der Waals surface area contributed by atoms with Gasteiger partial charge in [0.15, 0.2) is 0 Å². The smallest absolute Gasteiger partial charge is 0.123 e. The van der Waals surface area contributed by atoms with E-state index in [0.29, 0.717) is 0 Å². The predicted octanol–water partition coefficient (Wildman–Crippen LogP) is 6.01. The van der Waals surface area contributed by atoms with Crippen LogP contribution in [0, 0.1) is 9.39 Å². The lowest BCUT2D eigenvalue weighted by Crippen LogP contribution is -1.85. The van der Waals surface area contributed by atoms with Gasteiger partial charge in [0.1, 0.15) is 5.82 Å². The topological polar surface area (TPSA) is 0 Å². The Hall–Kier alpha value is -0.940. The van der Waals surface area contributed by atoms with E-state index in [2.05, 4.69) is 56.7 Å². The minimum Gasteiger partial charge on any atom is -0.207 e. The average molecular weight is 427 g/mol.